The van der Waals surface area contributed by atoms with Crippen molar-refractivity contribution in [2.75, 3.05) is 5.32 Å². The summed E-state index contributed by atoms with van der Waals surface area (Å²) >= 11 is 0. The number of nitrogens with one attached hydrogen (secondary N) is 1. The number of nitrogens with zero attached hydrogens (tertiary/aromatic N) is 2. The number of hydrogen-bond donors (Lipinski definition) is 1. The van der Waals surface area contributed by atoms with Crippen LogP contribution in [0.2, 0.25) is 0 Å². The van der Waals surface area contributed by atoms with Crippen LogP contribution in [0.15, 0.2) is 58.7 Å². The Bertz CT molecular complexity index is 803. The number of anilines is 1. The summed E-state index contributed by atoms with van der Waals surface area (Å²) in [4.78, 5) is 11.8. The highest BCUT2D eigenvalue weighted by molar-refractivity contribution is 6.53. The van der Waals surface area contributed by atoms with Crippen LogP contribution in [0.3, 0.4) is 0 Å². The number of amides is 1. The van der Waals surface area contributed by atoms with Gasteiger partial charge in [0.1, 0.15) is 5.75 Å². The van der Waals surface area contributed by atoms with E-state index in [9.17, 15) is 13.6 Å². The molecule has 0 aliphatic carbocycles. The summed E-state index contributed by atoms with van der Waals surface area (Å²) in [5.74, 6) is -0.372. The fourth-order valence-electron chi connectivity index (χ4n) is 2.14. The molecule has 0 aromatic heterocycles. The highest BCUT2D eigenvalue weighted by atomic mass is 19.3. The third-order valence-corrected chi connectivity index (χ3v) is 3.14. The fourth-order valence-corrected chi connectivity index (χ4v) is 2.14. The highest BCUT2D eigenvalue weighted by Crippen LogP contribution is 2.23. The van der Waals surface area contributed by atoms with Gasteiger partial charge in [-0.1, -0.05) is 30.3 Å². The molecule has 0 saturated heterocycles. The Balaban J connectivity index is 1.86. The van der Waals surface area contributed by atoms with Crippen LogP contribution in [0.1, 0.15) is 11.1 Å². The lowest BCUT2D eigenvalue weighted by atomic mass is 10.1. The molecule has 2 aromatic carbocycles. The zero-order valence-electron chi connectivity index (χ0n) is 11.7. The van der Waals surface area contributed by atoms with E-state index in [4.69, 9.17) is 0 Å². The summed E-state index contributed by atoms with van der Waals surface area (Å²) in [5, 5.41) is 10.4. The second-order valence-corrected chi connectivity index (χ2v) is 4.61. The summed E-state index contributed by atoms with van der Waals surface area (Å²) in [6.07, 6.45) is 1.26. The van der Waals surface area contributed by atoms with Crippen LogP contribution in [0.25, 0.3) is 0 Å². The minimum absolute atomic E-state index is 0.0114. The second kappa shape index (κ2) is 6.35. The van der Waals surface area contributed by atoms with Gasteiger partial charge in [-0.3, -0.25) is 4.79 Å². The molecule has 2 aromatic rings. The zero-order valence-corrected chi connectivity index (χ0v) is 11.7. The maximum Gasteiger partial charge on any atom is 0.387 e. The Kier molecular flexibility index (Phi) is 4.09. The van der Waals surface area contributed by atoms with Crippen molar-refractivity contribution in [3.63, 3.8) is 0 Å². The summed E-state index contributed by atoms with van der Waals surface area (Å²) in [6.45, 7) is -2.93. The molecule has 0 fully saturated rings. The Labute approximate surface area is 130 Å². The summed E-state index contributed by atoms with van der Waals surface area (Å²) in [5.41, 5.74) is 1.81. The molecular formula is C16H11F2N3O2. The lowest BCUT2D eigenvalue weighted by Gasteiger charge is -2.06. The van der Waals surface area contributed by atoms with Gasteiger partial charge in [0.2, 0.25) is 0 Å². The lowest BCUT2D eigenvalue weighted by Crippen LogP contribution is -2.13. The van der Waals surface area contributed by atoms with E-state index in [0.717, 1.165) is 0 Å². The molecular weight excluding hydrogens is 304 g/mol. The van der Waals surface area contributed by atoms with E-state index in [0.29, 0.717) is 16.8 Å². The van der Waals surface area contributed by atoms with Crippen LogP contribution >= 0.6 is 0 Å². The first-order valence-corrected chi connectivity index (χ1v) is 6.71. The predicted molar refractivity (Wildman–Crippen MR) is 82.3 cm³/mol. The maximum absolute atomic E-state index is 12.3. The molecule has 5 nitrogen and oxygen atoms in total. The SMILES string of the molecule is O=C1Nc2ccccc2/C1=N\N=C\c1ccccc1OC(F)F. The molecule has 7 heteroatoms. The van der Waals surface area contributed by atoms with Gasteiger partial charge in [0.05, 0.1) is 11.9 Å². The van der Waals surface area contributed by atoms with E-state index in [2.05, 4.69) is 20.3 Å². The largest absolute Gasteiger partial charge is 0.434 e. The van der Waals surface area contributed by atoms with Gasteiger partial charge in [-0.25, -0.2) is 0 Å². The number of benzene rings is 2. The Hall–Kier alpha value is -3.09. The van der Waals surface area contributed by atoms with Crippen molar-refractivity contribution in [2.45, 2.75) is 6.61 Å². The van der Waals surface area contributed by atoms with Gasteiger partial charge >= 0.3 is 6.61 Å². The number of fused-ring (bicyclic) bond motifs is 1. The molecule has 0 bridgehead atoms. The number of ether oxygens (including phenoxy) is 1. The van der Waals surface area contributed by atoms with E-state index in [1.807, 2.05) is 0 Å². The zero-order chi connectivity index (χ0) is 16.2. The molecule has 1 N–H and O–H groups in total. The highest BCUT2D eigenvalue weighted by Gasteiger charge is 2.25. The molecule has 0 spiro atoms. The first-order chi connectivity index (χ1) is 11.1. The Morgan fingerprint density at radius 3 is 2.65 bits per heavy atom. The van der Waals surface area contributed by atoms with Crippen molar-refractivity contribution >= 4 is 23.5 Å². The van der Waals surface area contributed by atoms with Crippen LogP contribution in [0, 0.1) is 0 Å². The van der Waals surface area contributed by atoms with Gasteiger partial charge in [-0.05, 0) is 18.2 Å². The number of carbonyl (C=O) groups excluding carboxylic acids is 1. The van der Waals surface area contributed by atoms with E-state index in [1.165, 1.54) is 12.3 Å². The quantitative estimate of drug-likeness (QED) is 0.696. The van der Waals surface area contributed by atoms with E-state index in [1.54, 1.807) is 42.5 Å². The summed E-state index contributed by atoms with van der Waals surface area (Å²) < 4.78 is 29.1. The number of alkyl halides is 2. The standard InChI is InChI=1S/C16H11F2N3O2/c17-16(18)23-13-8-4-1-5-10(13)9-19-21-14-11-6-2-3-7-12(11)20-15(14)22/h1-9,16H,(H,20,21,22)/b19-9+. The molecule has 1 aliphatic heterocycles. The third-order valence-electron chi connectivity index (χ3n) is 3.14. The second-order valence-electron chi connectivity index (χ2n) is 4.61. The molecule has 1 amide bonds. The van der Waals surface area contributed by atoms with Crippen LogP contribution in [0.5, 0.6) is 5.75 Å². The molecule has 23 heavy (non-hydrogen) atoms. The predicted octanol–water partition coefficient (Wildman–Crippen LogP) is 3.06. The van der Waals surface area contributed by atoms with Crippen molar-refractivity contribution < 1.29 is 18.3 Å². The van der Waals surface area contributed by atoms with E-state index >= 15 is 0 Å². The first kappa shape index (κ1) is 14.8. The minimum atomic E-state index is -2.93. The van der Waals surface area contributed by atoms with Crippen LogP contribution < -0.4 is 10.1 Å². The van der Waals surface area contributed by atoms with Crippen LogP contribution in [-0.2, 0) is 4.79 Å². The average Bonchev–Trinajstić information content (AvgIpc) is 2.84. The van der Waals surface area contributed by atoms with Gasteiger partial charge in [-0.15, -0.1) is 5.10 Å². The Morgan fingerprint density at radius 2 is 1.83 bits per heavy atom. The number of halogens is 2. The van der Waals surface area contributed by atoms with Gasteiger partial charge in [0.25, 0.3) is 5.91 Å². The monoisotopic (exact) mass is 315 g/mol. The lowest BCUT2D eigenvalue weighted by molar-refractivity contribution is -0.110. The van der Waals surface area contributed by atoms with Crippen molar-refractivity contribution in [1.82, 2.24) is 0 Å². The first-order valence-electron chi connectivity index (χ1n) is 6.71. The molecule has 0 radical (unpaired) electrons. The molecule has 0 unspecified atom stereocenters. The smallest absolute Gasteiger partial charge is 0.387 e. The maximum atomic E-state index is 12.3. The number of rotatable bonds is 4. The summed E-state index contributed by atoms with van der Waals surface area (Å²) in [7, 11) is 0. The van der Waals surface area contributed by atoms with Crippen molar-refractivity contribution in [1.29, 1.82) is 0 Å². The molecule has 116 valence electrons. The van der Waals surface area contributed by atoms with Gasteiger partial charge in [0, 0.05) is 11.1 Å². The van der Waals surface area contributed by atoms with Gasteiger partial charge in [-0.2, -0.15) is 13.9 Å². The van der Waals surface area contributed by atoms with Crippen LogP contribution in [-0.4, -0.2) is 24.4 Å². The molecule has 0 atom stereocenters. The molecule has 1 heterocycles. The van der Waals surface area contributed by atoms with Crippen molar-refractivity contribution in [2.24, 2.45) is 10.2 Å². The normalized spacial score (nSPS) is 15.3. The Morgan fingerprint density at radius 1 is 1.09 bits per heavy atom. The fraction of sp³-hybridized carbons (Fsp3) is 0.0625. The van der Waals surface area contributed by atoms with E-state index in [-0.39, 0.29) is 17.4 Å². The van der Waals surface area contributed by atoms with E-state index < -0.39 is 6.61 Å². The van der Waals surface area contributed by atoms with Crippen molar-refractivity contribution in [3.05, 3.63) is 59.7 Å². The molecule has 3 rings (SSSR count). The topological polar surface area (TPSA) is 63.0 Å². The average molecular weight is 315 g/mol. The van der Waals surface area contributed by atoms with Gasteiger partial charge in [0.15, 0.2) is 5.71 Å². The molecule has 1 aliphatic rings. The third kappa shape index (κ3) is 3.23. The minimum Gasteiger partial charge on any atom is -0.434 e. The number of hydrogen-bond acceptors (Lipinski definition) is 4. The van der Waals surface area contributed by atoms with Gasteiger partial charge < -0.3 is 10.1 Å². The number of carbonyl (C=O) groups is 1. The van der Waals surface area contributed by atoms with Crippen LogP contribution in [0.4, 0.5) is 14.5 Å². The number of para-hydroxylation sites is 2. The summed E-state index contributed by atoms with van der Waals surface area (Å²) in [6, 6.07) is 13.3. The van der Waals surface area contributed by atoms with Crippen molar-refractivity contribution in [3.8, 4) is 5.75 Å². The molecule has 0 saturated carbocycles.